The lowest BCUT2D eigenvalue weighted by Crippen LogP contribution is -2.33. The van der Waals surface area contributed by atoms with Crippen molar-refractivity contribution in [2.75, 3.05) is 6.54 Å². The molecule has 0 radical (unpaired) electrons. The summed E-state index contributed by atoms with van der Waals surface area (Å²) in [6, 6.07) is 6.58. The molecule has 3 rings (SSSR count). The molecule has 0 unspecified atom stereocenters. The van der Waals surface area contributed by atoms with Gasteiger partial charge >= 0.3 is 0 Å². The monoisotopic (exact) mass is 315 g/mol. The van der Waals surface area contributed by atoms with Gasteiger partial charge in [-0.1, -0.05) is 19.1 Å². The maximum atomic E-state index is 13.3. The van der Waals surface area contributed by atoms with E-state index in [0.717, 1.165) is 17.9 Å². The minimum atomic E-state index is -0.235. The first kappa shape index (κ1) is 15.7. The maximum absolute atomic E-state index is 13.3. The molecule has 1 fully saturated rings. The number of amides is 1. The van der Waals surface area contributed by atoms with Gasteiger partial charge in [-0.05, 0) is 36.5 Å². The van der Waals surface area contributed by atoms with Crippen molar-refractivity contribution in [3.05, 3.63) is 53.9 Å². The third kappa shape index (κ3) is 4.18. The van der Waals surface area contributed by atoms with E-state index >= 15 is 0 Å². The van der Waals surface area contributed by atoms with Gasteiger partial charge in [-0.3, -0.25) is 4.79 Å². The van der Waals surface area contributed by atoms with E-state index < -0.39 is 0 Å². The molecule has 5 heteroatoms. The van der Waals surface area contributed by atoms with Crippen molar-refractivity contribution < 1.29 is 9.18 Å². The molecule has 1 saturated carbocycles. The van der Waals surface area contributed by atoms with Crippen LogP contribution in [0, 0.1) is 11.7 Å². The number of carbonyl (C=O) groups is 1. The largest absolute Gasteiger partial charge is 0.335 e. The molecule has 0 bridgehead atoms. The molecule has 1 aromatic carbocycles. The highest BCUT2D eigenvalue weighted by Crippen LogP contribution is 2.30. The highest BCUT2D eigenvalue weighted by atomic mass is 19.1. The Balaban J connectivity index is 1.72. The molecule has 0 saturated heterocycles. The zero-order valence-corrected chi connectivity index (χ0v) is 13.4. The van der Waals surface area contributed by atoms with E-state index in [1.54, 1.807) is 12.3 Å². The van der Waals surface area contributed by atoms with Gasteiger partial charge in [-0.25, -0.2) is 9.37 Å². The van der Waals surface area contributed by atoms with Crippen LogP contribution in [0.15, 0.2) is 36.7 Å². The highest BCUT2D eigenvalue weighted by Gasteiger charge is 2.27. The van der Waals surface area contributed by atoms with E-state index in [0.29, 0.717) is 25.4 Å². The number of aromatic nitrogens is 2. The van der Waals surface area contributed by atoms with Gasteiger partial charge in [0, 0.05) is 31.9 Å². The molecule has 0 spiro atoms. The summed E-state index contributed by atoms with van der Waals surface area (Å²) in [5.41, 5.74) is 0.889. The smallest absolute Gasteiger partial charge is 0.222 e. The predicted octanol–water partition coefficient (Wildman–Crippen LogP) is 3.22. The summed E-state index contributed by atoms with van der Waals surface area (Å²) < 4.78 is 15.3. The van der Waals surface area contributed by atoms with Gasteiger partial charge in [0.25, 0.3) is 0 Å². The van der Waals surface area contributed by atoms with E-state index in [2.05, 4.69) is 4.98 Å². The average Bonchev–Trinajstić information content (AvgIpc) is 3.26. The van der Waals surface area contributed by atoms with Crippen molar-refractivity contribution in [2.45, 2.75) is 39.3 Å². The number of nitrogens with zero attached hydrogens (tertiary/aromatic N) is 3. The third-order valence-corrected chi connectivity index (χ3v) is 4.21. The van der Waals surface area contributed by atoms with Gasteiger partial charge < -0.3 is 9.47 Å². The van der Waals surface area contributed by atoms with Crippen LogP contribution in [-0.2, 0) is 17.9 Å². The quantitative estimate of drug-likeness (QED) is 0.787. The van der Waals surface area contributed by atoms with Gasteiger partial charge in [-0.15, -0.1) is 0 Å². The van der Waals surface area contributed by atoms with E-state index in [4.69, 9.17) is 0 Å². The summed E-state index contributed by atoms with van der Waals surface area (Å²) in [5.74, 6) is 1.42. The molecule has 1 aliphatic carbocycles. The summed E-state index contributed by atoms with van der Waals surface area (Å²) in [6.07, 6.45) is 6.56. The van der Waals surface area contributed by atoms with Crippen LogP contribution in [-0.4, -0.2) is 26.9 Å². The second-order valence-electron chi connectivity index (χ2n) is 6.17. The van der Waals surface area contributed by atoms with Gasteiger partial charge in [0.05, 0.1) is 6.54 Å². The summed E-state index contributed by atoms with van der Waals surface area (Å²) in [4.78, 5) is 18.5. The van der Waals surface area contributed by atoms with Gasteiger partial charge in [0.15, 0.2) is 0 Å². The fourth-order valence-corrected chi connectivity index (χ4v) is 2.73. The van der Waals surface area contributed by atoms with Crippen molar-refractivity contribution in [1.82, 2.24) is 14.5 Å². The lowest BCUT2D eigenvalue weighted by atomic mass is 10.2. The Labute approximate surface area is 135 Å². The van der Waals surface area contributed by atoms with Crippen LogP contribution < -0.4 is 0 Å². The van der Waals surface area contributed by atoms with Gasteiger partial charge in [-0.2, -0.15) is 0 Å². The molecule has 122 valence electrons. The molecule has 1 aliphatic rings. The maximum Gasteiger partial charge on any atom is 0.222 e. The Kier molecular flexibility index (Phi) is 4.74. The molecule has 1 amide bonds. The summed E-state index contributed by atoms with van der Waals surface area (Å²) >= 11 is 0. The standard InChI is InChI=1S/C18H22FN3O/c1-2-18(23)22(11-14-6-7-14)13-17-20-8-9-21(17)12-15-4-3-5-16(19)10-15/h3-5,8-10,14H,2,6-7,11-13H2,1H3. The normalized spacial score (nSPS) is 14.0. The molecule has 23 heavy (non-hydrogen) atoms. The predicted molar refractivity (Wildman–Crippen MR) is 86.2 cm³/mol. The SMILES string of the molecule is CCC(=O)N(Cc1nccn1Cc1cccc(F)c1)CC1CC1. The topological polar surface area (TPSA) is 38.1 Å². The van der Waals surface area contributed by atoms with E-state index in [1.807, 2.05) is 28.7 Å². The second kappa shape index (κ2) is 6.94. The first-order chi connectivity index (χ1) is 11.2. The molecule has 4 nitrogen and oxygen atoms in total. The Morgan fingerprint density at radius 3 is 2.96 bits per heavy atom. The molecular formula is C18H22FN3O. The van der Waals surface area contributed by atoms with Crippen molar-refractivity contribution in [2.24, 2.45) is 5.92 Å². The molecular weight excluding hydrogens is 293 g/mol. The third-order valence-electron chi connectivity index (χ3n) is 4.21. The zero-order valence-electron chi connectivity index (χ0n) is 13.4. The van der Waals surface area contributed by atoms with Crippen molar-refractivity contribution in [3.8, 4) is 0 Å². The fraction of sp³-hybridized carbons (Fsp3) is 0.444. The fourth-order valence-electron chi connectivity index (χ4n) is 2.73. The Morgan fingerprint density at radius 2 is 2.26 bits per heavy atom. The first-order valence-corrected chi connectivity index (χ1v) is 8.18. The van der Waals surface area contributed by atoms with E-state index in [9.17, 15) is 9.18 Å². The Morgan fingerprint density at radius 1 is 1.43 bits per heavy atom. The van der Waals surface area contributed by atoms with E-state index in [-0.39, 0.29) is 11.7 Å². The number of hydrogen-bond donors (Lipinski definition) is 0. The molecule has 0 atom stereocenters. The summed E-state index contributed by atoms with van der Waals surface area (Å²) in [5, 5.41) is 0. The van der Waals surface area contributed by atoms with Crippen LogP contribution in [0.3, 0.4) is 0 Å². The van der Waals surface area contributed by atoms with Crippen LogP contribution in [0.25, 0.3) is 0 Å². The van der Waals surface area contributed by atoms with E-state index in [1.165, 1.54) is 25.0 Å². The second-order valence-corrected chi connectivity index (χ2v) is 6.17. The lowest BCUT2D eigenvalue weighted by molar-refractivity contribution is -0.131. The number of imidazole rings is 1. The Bertz CT molecular complexity index is 678. The lowest BCUT2D eigenvalue weighted by Gasteiger charge is -2.22. The van der Waals surface area contributed by atoms with Crippen LogP contribution in [0.5, 0.6) is 0 Å². The van der Waals surface area contributed by atoms with Crippen LogP contribution in [0.2, 0.25) is 0 Å². The van der Waals surface area contributed by atoms with Crippen LogP contribution >= 0.6 is 0 Å². The van der Waals surface area contributed by atoms with Crippen LogP contribution in [0.1, 0.15) is 37.6 Å². The van der Waals surface area contributed by atoms with Crippen LogP contribution in [0.4, 0.5) is 4.39 Å². The minimum absolute atomic E-state index is 0.164. The summed E-state index contributed by atoms with van der Waals surface area (Å²) in [6.45, 7) is 3.79. The van der Waals surface area contributed by atoms with Gasteiger partial charge in [0.1, 0.15) is 11.6 Å². The average molecular weight is 315 g/mol. The molecule has 2 aromatic rings. The number of carbonyl (C=O) groups excluding carboxylic acids is 1. The first-order valence-electron chi connectivity index (χ1n) is 8.18. The molecule has 0 N–H and O–H groups in total. The number of hydrogen-bond acceptors (Lipinski definition) is 2. The Hall–Kier alpha value is -2.17. The number of rotatable bonds is 7. The minimum Gasteiger partial charge on any atom is -0.335 e. The van der Waals surface area contributed by atoms with Crippen molar-refractivity contribution in [3.63, 3.8) is 0 Å². The van der Waals surface area contributed by atoms with Gasteiger partial charge in [0.2, 0.25) is 5.91 Å². The van der Waals surface area contributed by atoms with Crippen molar-refractivity contribution in [1.29, 1.82) is 0 Å². The zero-order chi connectivity index (χ0) is 16.2. The molecule has 1 aromatic heterocycles. The summed E-state index contributed by atoms with van der Waals surface area (Å²) in [7, 11) is 0. The molecule has 1 heterocycles. The molecule has 0 aliphatic heterocycles. The number of benzene rings is 1. The van der Waals surface area contributed by atoms with Crippen molar-refractivity contribution >= 4 is 5.91 Å². The highest BCUT2D eigenvalue weighted by molar-refractivity contribution is 5.75. The number of halogens is 1.